The molecule has 0 saturated carbocycles. The molecule has 0 aliphatic carbocycles. The molecule has 0 saturated heterocycles. The minimum absolute atomic E-state index is 0.430. The van der Waals surface area contributed by atoms with Crippen LogP contribution >= 0.6 is 15.9 Å². The average Bonchev–Trinajstić information content (AvgIpc) is 2.30. The van der Waals surface area contributed by atoms with Gasteiger partial charge in [-0.25, -0.2) is 0 Å². The number of ether oxygens (including phenoxy) is 1. The van der Waals surface area contributed by atoms with Crippen LogP contribution in [0.25, 0.3) is 0 Å². The molecule has 2 aromatic rings. The Balaban J connectivity index is 2.19. The number of hydrogen-bond acceptors (Lipinski definition) is 3. The molecule has 1 heterocycles. The zero-order chi connectivity index (χ0) is 13.1. The van der Waals surface area contributed by atoms with E-state index in [1.807, 2.05) is 38.1 Å². The van der Waals surface area contributed by atoms with Gasteiger partial charge in [-0.2, -0.15) is 0 Å². The van der Waals surface area contributed by atoms with Gasteiger partial charge >= 0.3 is 0 Å². The Morgan fingerprint density at radius 3 is 2.72 bits per heavy atom. The summed E-state index contributed by atoms with van der Waals surface area (Å²) in [5.74, 6) is 0.725. The summed E-state index contributed by atoms with van der Waals surface area (Å²) in [5.41, 5.74) is 9.64. The lowest BCUT2D eigenvalue weighted by molar-refractivity contribution is 0.300. The second kappa shape index (κ2) is 5.40. The van der Waals surface area contributed by atoms with Gasteiger partial charge in [-0.15, -0.1) is 0 Å². The van der Waals surface area contributed by atoms with E-state index in [0.29, 0.717) is 12.3 Å². The maximum absolute atomic E-state index is 5.95. The molecule has 2 N–H and O–H groups in total. The third-order valence-electron chi connectivity index (χ3n) is 2.74. The van der Waals surface area contributed by atoms with E-state index in [1.54, 1.807) is 6.20 Å². The van der Waals surface area contributed by atoms with Crippen LogP contribution in [-0.4, -0.2) is 4.98 Å². The van der Waals surface area contributed by atoms with Crippen molar-refractivity contribution in [1.29, 1.82) is 0 Å². The highest BCUT2D eigenvalue weighted by molar-refractivity contribution is 9.10. The maximum Gasteiger partial charge on any atom is 0.145 e. The average molecular weight is 307 g/mol. The zero-order valence-corrected chi connectivity index (χ0v) is 12.0. The van der Waals surface area contributed by atoms with E-state index in [2.05, 4.69) is 20.9 Å². The molecule has 0 atom stereocenters. The minimum Gasteiger partial charge on any atom is -0.485 e. The highest BCUT2D eigenvalue weighted by atomic mass is 79.9. The predicted octanol–water partition coefficient (Wildman–Crippen LogP) is 3.62. The Kier molecular flexibility index (Phi) is 3.87. The van der Waals surface area contributed by atoms with E-state index in [-0.39, 0.29) is 0 Å². The van der Waals surface area contributed by atoms with E-state index in [4.69, 9.17) is 10.5 Å². The lowest BCUT2D eigenvalue weighted by Gasteiger charge is -2.13. The third-order valence-corrected chi connectivity index (χ3v) is 3.20. The maximum atomic E-state index is 5.95. The van der Waals surface area contributed by atoms with Gasteiger partial charge in [0.15, 0.2) is 0 Å². The number of benzene rings is 1. The second-order valence-corrected chi connectivity index (χ2v) is 5.11. The lowest BCUT2D eigenvalue weighted by atomic mass is 10.2. The normalized spacial score (nSPS) is 10.4. The summed E-state index contributed by atoms with van der Waals surface area (Å²) in [5, 5.41) is 0. The van der Waals surface area contributed by atoms with Crippen molar-refractivity contribution in [2.24, 2.45) is 0 Å². The Labute approximate surface area is 115 Å². The smallest absolute Gasteiger partial charge is 0.145 e. The molecular weight excluding hydrogens is 292 g/mol. The Bertz CT molecular complexity index is 546. The van der Waals surface area contributed by atoms with Crippen LogP contribution in [0.1, 0.15) is 16.8 Å². The number of aromatic nitrogens is 1. The molecule has 18 heavy (non-hydrogen) atoms. The molecule has 2 rings (SSSR count). The summed E-state index contributed by atoms with van der Waals surface area (Å²) in [6.07, 6.45) is 1.77. The Hall–Kier alpha value is -1.55. The van der Waals surface area contributed by atoms with Gasteiger partial charge in [-0.05, 0) is 43.2 Å². The van der Waals surface area contributed by atoms with Gasteiger partial charge in [0.2, 0.25) is 0 Å². The van der Waals surface area contributed by atoms with Crippen LogP contribution < -0.4 is 10.5 Å². The van der Waals surface area contributed by atoms with Crippen molar-refractivity contribution in [2.45, 2.75) is 20.5 Å². The third kappa shape index (κ3) is 2.82. The first-order valence-electron chi connectivity index (χ1n) is 5.67. The zero-order valence-electron chi connectivity index (χ0n) is 10.4. The highest BCUT2D eigenvalue weighted by Gasteiger charge is 2.08. The molecule has 0 spiro atoms. The molecular formula is C14H15BrN2O. The first-order chi connectivity index (χ1) is 8.58. The topological polar surface area (TPSA) is 48.1 Å². The molecule has 0 unspecified atom stereocenters. The van der Waals surface area contributed by atoms with Crippen molar-refractivity contribution < 1.29 is 4.74 Å². The van der Waals surface area contributed by atoms with Crippen LogP contribution in [0, 0.1) is 13.8 Å². The number of anilines is 1. The number of halogens is 1. The summed E-state index contributed by atoms with van der Waals surface area (Å²) in [7, 11) is 0. The monoisotopic (exact) mass is 306 g/mol. The molecule has 3 nitrogen and oxygen atoms in total. The van der Waals surface area contributed by atoms with Crippen LogP contribution in [-0.2, 0) is 6.61 Å². The van der Waals surface area contributed by atoms with Crippen LogP contribution in [0.15, 0.2) is 34.9 Å². The van der Waals surface area contributed by atoms with Gasteiger partial charge < -0.3 is 10.5 Å². The first kappa shape index (κ1) is 12.9. The van der Waals surface area contributed by atoms with Crippen molar-refractivity contribution >= 4 is 21.6 Å². The van der Waals surface area contributed by atoms with Gasteiger partial charge in [-0.1, -0.05) is 22.0 Å². The number of nitrogen functional groups attached to an aromatic ring is 1. The summed E-state index contributed by atoms with van der Waals surface area (Å²) in [4.78, 5) is 4.30. The Morgan fingerprint density at radius 2 is 2.06 bits per heavy atom. The van der Waals surface area contributed by atoms with E-state index < -0.39 is 0 Å². The van der Waals surface area contributed by atoms with E-state index in [0.717, 1.165) is 27.0 Å². The SMILES string of the molecule is Cc1cccnc1COc1c(C)cc(Br)cc1N. The second-order valence-electron chi connectivity index (χ2n) is 4.20. The standard InChI is InChI=1S/C14H15BrN2O/c1-9-4-3-5-17-13(9)8-18-14-10(2)6-11(15)7-12(14)16/h3-7H,8,16H2,1-2H3. The van der Waals surface area contributed by atoms with E-state index in [9.17, 15) is 0 Å². The van der Waals surface area contributed by atoms with Gasteiger partial charge in [0.05, 0.1) is 11.4 Å². The summed E-state index contributed by atoms with van der Waals surface area (Å²) in [6, 6.07) is 7.76. The van der Waals surface area contributed by atoms with E-state index in [1.165, 1.54) is 0 Å². The molecule has 0 aliphatic heterocycles. The van der Waals surface area contributed by atoms with Crippen molar-refractivity contribution in [2.75, 3.05) is 5.73 Å². The molecule has 0 bridgehead atoms. The fourth-order valence-electron chi connectivity index (χ4n) is 1.76. The molecule has 4 heteroatoms. The number of aryl methyl sites for hydroxylation is 2. The fraction of sp³-hybridized carbons (Fsp3) is 0.214. The van der Waals surface area contributed by atoms with Crippen LogP contribution in [0.3, 0.4) is 0 Å². The minimum atomic E-state index is 0.430. The Morgan fingerprint density at radius 1 is 1.28 bits per heavy atom. The molecule has 0 aliphatic rings. The number of nitrogens with two attached hydrogens (primary N) is 1. The van der Waals surface area contributed by atoms with E-state index >= 15 is 0 Å². The van der Waals surface area contributed by atoms with Crippen LogP contribution in [0.4, 0.5) is 5.69 Å². The van der Waals surface area contributed by atoms with Crippen LogP contribution in [0.5, 0.6) is 5.75 Å². The van der Waals surface area contributed by atoms with Gasteiger partial charge in [0, 0.05) is 10.7 Å². The number of pyridine rings is 1. The fourth-order valence-corrected chi connectivity index (χ4v) is 2.35. The van der Waals surface area contributed by atoms with Gasteiger partial charge in [-0.3, -0.25) is 4.98 Å². The molecule has 0 amide bonds. The predicted molar refractivity (Wildman–Crippen MR) is 76.6 cm³/mol. The quantitative estimate of drug-likeness (QED) is 0.881. The molecule has 0 radical (unpaired) electrons. The largest absolute Gasteiger partial charge is 0.485 e. The summed E-state index contributed by atoms with van der Waals surface area (Å²) < 4.78 is 6.74. The number of hydrogen-bond donors (Lipinski definition) is 1. The number of nitrogens with zero attached hydrogens (tertiary/aromatic N) is 1. The van der Waals surface area contributed by atoms with Crippen molar-refractivity contribution in [1.82, 2.24) is 4.98 Å². The van der Waals surface area contributed by atoms with Crippen LogP contribution in [0.2, 0.25) is 0 Å². The lowest BCUT2D eigenvalue weighted by Crippen LogP contribution is -2.03. The van der Waals surface area contributed by atoms with Crippen molar-refractivity contribution in [3.05, 3.63) is 51.8 Å². The highest BCUT2D eigenvalue weighted by Crippen LogP contribution is 2.30. The molecule has 0 fully saturated rings. The molecule has 1 aromatic carbocycles. The van der Waals surface area contributed by atoms with Crippen molar-refractivity contribution in [3.63, 3.8) is 0 Å². The van der Waals surface area contributed by atoms with Gasteiger partial charge in [0.1, 0.15) is 12.4 Å². The first-order valence-corrected chi connectivity index (χ1v) is 6.46. The molecule has 94 valence electrons. The summed E-state index contributed by atoms with van der Waals surface area (Å²) in [6.45, 7) is 4.42. The van der Waals surface area contributed by atoms with Gasteiger partial charge in [0.25, 0.3) is 0 Å². The van der Waals surface area contributed by atoms with Crippen molar-refractivity contribution in [3.8, 4) is 5.75 Å². The molecule has 1 aromatic heterocycles. The number of rotatable bonds is 3. The summed E-state index contributed by atoms with van der Waals surface area (Å²) >= 11 is 3.41.